The number of carboxylic acid groups (broad SMARTS) is 1. The van der Waals surface area contributed by atoms with Gasteiger partial charge in [0, 0.05) is 23.1 Å². The number of hydrogen-bond acceptors (Lipinski definition) is 4. The van der Waals surface area contributed by atoms with Gasteiger partial charge >= 0.3 is 5.97 Å². The number of hydrogen-bond donors (Lipinski definition) is 2. The number of likely N-dealkylation sites (tertiary alicyclic amines) is 1. The van der Waals surface area contributed by atoms with Crippen molar-refractivity contribution in [3.05, 3.63) is 105 Å². The zero-order chi connectivity index (χ0) is 24.2. The topological polar surface area (TPSA) is 70.0 Å². The standard InChI is InChI=1S/C27H27Cl2NO4/c1-17-11-19(27(32)33)7-8-20(17)15-30-10-9-24(26(30)18-5-3-2-4-6-18)34-25(16-31)21-12-22(28)14-23(29)13-21/h2-8,11-14,24-26,31H,9-10,15-16H2,1H3,(H,32,33)/t24-,25?,26-/m0/s1. The van der Waals surface area contributed by atoms with E-state index < -0.39 is 12.1 Å². The summed E-state index contributed by atoms with van der Waals surface area (Å²) in [6.07, 6.45) is 0.0798. The molecular formula is C27H27Cl2NO4. The molecule has 3 aromatic rings. The molecule has 0 saturated carbocycles. The molecule has 0 aromatic heterocycles. The minimum atomic E-state index is -0.928. The van der Waals surface area contributed by atoms with E-state index in [1.165, 1.54) is 0 Å². The lowest BCUT2D eigenvalue weighted by Gasteiger charge is -2.31. The number of aryl methyl sites for hydroxylation is 1. The van der Waals surface area contributed by atoms with Crippen LogP contribution in [0.25, 0.3) is 0 Å². The molecular weight excluding hydrogens is 473 g/mol. The zero-order valence-electron chi connectivity index (χ0n) is 18.8. The number of halogens is 2. The van der Waals surface area contributed by atoms with Gasteiger partial charge in [0.1, 0.15) is 6.10 Å². The quantitative estimate of drug-likeness (QED) is 0.393. The van der Waals surface area contributed by atoms with Gasteiger partial charge in [-0.25, -0.2) is 4.79 Å². The van der Waals surface area contributed by atoms with E-state index in [-0.39, 0.29) is 24.3 Å². The summed E-state index contributed by atoms with van der Waals surface area (Å²) >= 11 is 12.4. The van der Waals surface area contributed by atoms with Crippen LogP contribution in [0.15, 0.2) is 66.7 Å². The largest absolute Gasteiger partial charge is 0.478 e. The maximum atomic E-state index is 11.3. The molecule has 1 saturated heterocycles. The molecule has 1 heterocycles. The Morgan fingerprint density at radius 2 is 1.79 bits per heavy atom. The van der Waals surface area contributed by atoms with Crippen molar-refractivity contribution in [1.29, 1.82) is 0 Å². The van der Waals surface area contributed by atoms with Crippen molar-refractivity contribution in [2.75, 3.05) is 13.2 Å². The van der Waals surface area contributed by atoms with Gasteiger partial charge in [-0.15, -0.1) is 0 Å². The third kappa shape index (κ3) is 5.62. The van der Waals surface area contributed by atoms with Gasteiger partial charge in [0.05, 0.1) is 24.3 Å². The molecule has 4 rings (SSSR count). The van der Waals surface area contributed by atoms with E-state index in [9.17, 15) is 15.0 Å². The fraction of sp³-hybridized carbons (Fsp3) is 0.296. The highest BCUT2D eigenvalue weighted by Gasteiger charge is 2.37. The van der Waals surface area contributed by atoms with Crippen LogP contribution in [0.5, 0.6) is 0 Å². The van der Waals surface area contributed by atoms with Crippen molar-refractivity contribution in [1.82, 2.24) is 4.90 Å². The van der Waals surface area contributed by atoms with Crippen molar-refractivity contribution in [2.45, 2.75) is 38.1 Å². The van der Waals surface area contributed by atoms with Gasteiger partial charge < -0.3 is 14.9 Å². The normalized spacial score (nSPS) is 19.3. The number of nitrogens with zero attached hydrogens (tertiary/aromatic N) is 1. The number of aliphatic hydroxyl groups excluding tert-OH is 1. The molecule has 34 heavy (non-hydrogen) atoms. The Bertz CT molecular complexity index is 1130. The van der Waals surface area contributed by atoms with Crippen molar-refractivity contribution in [3.8, 4) is 0 Å². The molecule has 178 valence electrons. The van der Waals surface area contributed by atoms with E-state index in [0.29, 0.717) is 16.6 Å². The van der Waals surface area contributed by atoms with Gasteiger partial charge in [-0.1, -0.05) is 59.6 Å². The van der Waals surface area contributed by atoms with E-state index in [1.807, 2.05) is 31.2 Å². The Labute approximate surface area is 209 Å². The Balaban J connectivity index is 1.60. The molecule has 1 aliphatic rings. The van der Waals surface area contributed by atoms with Gasteiger partial charge in [-0.05, 0) is 65.9 Å². The molecule has 2 N–H and O–H groups in total. The fourth-order valence-corrected chi connectivity index (χ4v) is 5.19. The van der Waals surface area contributed by atoms with Crippen molar-refractivity contribution >= 4 is 29.2 Å². The second-order valence-corrected chi connectivity index (χ2v) is 9.48. The molecule has 0 bridgehead atoms. The Hall–Kier alpha value is -2.41. The molecule has 0 amide bonds. The van der Waals surface area contributed by atoms with Crippen LogP contribution in [0, 0.1) is 6.92 Å². The summed E-state index contributed by atoms with van der Waals surface area (Å²) in [6.45, 7) is 3.22. The number of ether oxygens (including phenoxy) is 1. The van der Waals surface area contributed by atoms with Crippen LogP contribution < -0.4 is 0 Å². The van der Waals surface area contributed by atoms with E-state index in [4.69, 9.17) is 27.9 Å². The summed E-state index contributed by atoms with van der Waals surface area (Å²) in [4.78, 5) is 13.7. The summed E-state index contributed by atoms with van der Waals surface area (Å²) < 4.78 is 6.49. The highest BCUT2D eigenvalue weighted by atomic mass is 35.5. The molecule has 1 unspecified atom stereocenters. The maximum Gasteiger partial charge on any atom is 0.335 e. The number of rotatable bonds is 8. The number of aromatic carboxylic acids is 1. The summed E-state index contributed by atoms with van der Waals surface area (Å²) in [5, 5.41) is 20.4. The number of aliphatic hydroxyl groups is 1. The lowest BCUT2D eigenvalue weighted by molar-refractivity contribution is -0.0556. The van der Waals surface area contributed by atoms with Crippen LogP contribution in [0.1, 0.15) is 51.2 Å². The van der Waals surface area contributed by atoms with E-state index in [2.05, 4.69) is 17.0 Å². The average Bonchev–Trinajstić information content (AvgIpc) is 3.20. The predicted molar refractivity (Wildman–Crippen MR) is 134 cm³/mol. The highest BCUT2D eigenvalue weighted by molar-refractivity contribution is 6.34. The maximum absolute atomic E-state index is 11.3. The van der Waals surface area contributed by atoms with Crippen LogP contribution in [-0.4, -0.2) is 40.3 Å². The van der Waals surface area contributed by atoms with Gasteiger partial charge in [-0.2, -0.15) is 0 Å². The highest BCUT2D eigenvalue weighted by Crippen LogP contribution is 2.39. The smallest absolute Gasteiger partial charge is 0.335 e. The van der Waals surface area contributed by atoms with Gasteiger partial charge in [-0.3, -0.25) is 4.90 Å². The zero-order valence-corrected chi connectivity index (χ0v) is 20.3. The first-order chi connectivity index (χ1) is 16.4. The lowest BCUT2D eigenvalue weighted by atomic mass is 10.00. The summed E-state index contributed by atoms with van der Waals surface area (Å²) in [5.41, 5.74) is 4.18. The van der Waals surface area contributed by atoms with Crippen LogP contribution in [0.4, 0.5) is 0 Å². The van der Waals surface area contributed by atoms with Crippen LogP contribution in [0.3, 0.4) is 0 Å². The SMILES string of the molecule is Cc1cc(C(=O)O)ccc1CN1CC[C@H](OC(CO)c2cc(Cl)cc(Cl)c2)[C@@H]1c1ccccc1. The van der Waals surface area contributed by atoms with Crippen molar-refractivity contribution in [3.63, 3.8) is 0 Å². The Morgan fingerprint density at radius 3 is 2.41 bits per heavy atom. The Morgan fingerprint density at radius 1 is 1.09 bits per heavy atom. The molecule has 0 radical (unpaired) electrons. The van der Waals surface area contributed by atoms with Crippen molar-refractivity contribution < 1.29 is 19.7 Å². The molecule has 3 atom stereocenters. The van der Waals surface area contributed by atoms with E-state index in [1.54, 1.807) is 30.3 Å². The Kier molecular flexibility index (Phi) is 7.91. The molecule has 7 heteroatoms. The average molecular weight is 500 g/mol. The lowest BCUT2D eigenvalue weighted by Crippen LogP contribution is -2.30. The first-order valence-electron chi connectivity index (χ1n) is 11.2. The second-order valence-electron chi connectivity index (χ2n) is 8.61. The minimum absolute atomic E-state index is 0.0246. The van der Waals surface area contributed by atoms with Gasteiger partial charge in [0.15, 0.2) is 0 Å². The molecule has 1 aliphatic heterocycles. The summed E-state index contributed by atoms with van der Waals surface area (Å²) in [5.74, 6) is -0.928. The van der Waals surface area contributed by atoms with Crippen LogP contribution >= 0.6 is 23.2 Å². The number of benzene rings is 3. The fourth-order valence-electron chi connectivity index (χ4n) is 4.64. The monoisotopic (exact) mass is 499 g/mol. The first kappa shape index (κ1) is 24.7. The number of carbonyl (C=O) groups is 1. The summed E-state index contributed by atoms with van der Waals surface area (Å²) in [7, 11) is 0. The predicted octanol–water partition coefficient (Wildman–Crippen LogP) is 6.07. The molecule has 0 aliphatic carbocycles. The molecule has 0 spiro atoms. The molecule has 5 nitrogen and oxygen atoms in total. The molecule has 3 aromatic carbocycles. The minimum Gasteiger partial charge on any atom is -0.478 e. The van der Waals surface area contributed by atoms with Gasteiger partial charge in [0.2, 0.25) is 0 Å². The van der Waals surface area contributed by atoms with Gasteiger partial charge in [0.25, 0.3) is 0 Å². The third-order valence-corrected chi connectivity index (χ3v) is 6.75. The van der Waals surface area contributed by atoms with E-state index in [0.717, 1.165) is 35.2 Å². The van der Waals surface area contributed by atoms with Crippen molar-refractivity contribution in [2.24, 2.45) is 0 Å². The first-order valence-corrected chi connectivity index (χ1v) is 12.0. The number of carboxylic acids is 1. The summed E-state index contributed by atoms with van der Waals surface area (Å²) in [6, 6.07) is 20.6. The van der Waals surface area contributed by atoms with Crippen LogP contribution in [0.2, 0.25) is 10.0 Å². The van der Waals surface area contributed by atoms with E-state index >= 15 is 0 Å². The van der Waals surface area contributed by atoms with Crippen LogP contribution in [-0.2, 0) is 11.3 Å². The second kappa shape index (κ2) is 10.9. The molecule has 1 fully saturated rings. The third-order valence-electron chi connectivity index (χ3n) is 6.31.